The molecule has 1 heterocycles. The first kappa shape index (κ1) is 29.8. The van der Waals surface area contributed by atoms with Crippen molar-refractivity contribution in [2.24, 2.45) is 5.92 Å². The minimum atomic E-state index is -1.41. The van der Waals surface area contributed by atoms with Crippen LogP contribution >= 0.6 is 23.2 Å². The van der Waals surface area contributed by atoms with Crippen molar-refractivity contribution < 1.29 is 24.0 Å². The Bertz CT molecular complexity index is 912. The number of halogens is 2. The number of carbonyl (C=O) groups excluding carboxylic acids is 2. The van der Waals surface area contributed by atoms with Crippen LogP contribution in [0.1, 0.15) is 72.9 Å². The predicted octanol–water partition coefficient (Wildman–Crippen LogP) is 4.94. The summed E-state index contributed by atoms with van der Waals surface area (Å²) in [6.07, 6.45) is 0.560. The van der Waals surface area contributed by atoms with Gasteiger partial charge in [-0.3, -0.25) is 4.79 Å². The lowest BCUT2D eigenvalue weighted by molar-refractivity contribution is -0.134. The second-order valence-electron chi connectivity index (χ2n) is 10.8. The molecule has 8 nitrogen and oxygen atoms in total. The number of amides is 2. The quantitative estimate of drug-likeness (QED) is 0.433. The molecule has 0 radical (unpaired) electrons. The molecule has 0 bridgehead atoms. The highest BCUT2D eigenvalue weighted by Crippen LogP contribution is 2.40. The minimum Gasteiger partial charge on any atom is -0.598 e. The van der Waals surface area contributed by atoms with Gasteiger partial charge >= 0.3 is 6.09 Å². The summed E-state index contributed by atoms with van der Waals surface area (Å²) in [4.78, 5) is 26.6. The molecule has 3 atom stereocenters. The van der Waals surface area contributed by atoms with Crippen molar-refractivity contribution in [1.82, 2.24) is 14.9 Å². The molecule has 0 spiro atoms. The molecule has 1 aromatic carbocycles. The first-order valence-corrected chi connectivity index (χ1v) is 13.5. The Balaban J connectivity index is 2.13. The van der Waals surface area contributed by atoms with E-state index in [0.29, 0.717) is 36.5 Å². The van der Waals surface area contributed by atoms with E-state index >= 15 is 0 Å². The molecule has 0 saturated carbocycles. The Morgan fingerprint density at radius 3 is 2.20 bits per heavy atom. The average molecular weight is 551 g/mol. The van der Waals surface area contributed by atoms with Crippen LogP contribution in [0.3, 0.4) is 0 Å². The van der Waals surface area contributed by atoms with Crippen molar-refractivity contribution in [3.8, 4) is 5.75 Å². The second-order valence-corrected chi connectivity index (χ2v) is 13.6. The SMILES string of the molecule is C[C@H](NC(=O)OC(C)(C)C)C(=O)N1CCC(C(N[S+]([O-])C(C)(C)C)c2cc(Cl)c(Cl)cc2O)CC1. The van der Waals surface area contributed by atoms with Crippen molar-refractivity contribution in [2.45, 2.75) is 83.7 Å². The molecular formula is C24H37Cl2N3O5S. The largest absolute Gasteiger partial charge is 0.598 e. The predicted molar refractivity (Wildman–Crippen MR) is 140 cm³/mol. The maximum Gasteiger partial charge on any atom is 0.408 e. The Labute approximate surface area is 221 Å². The van der Waals surface area contributed by atoms with Crippen LogP contribution < -0.4 is 10.0 Å². The third-order valence-electron chi connectivity index (χ3n) is 5.62. The molecule has 35 heavy (non-hydrogen) atoms. The van der Waals surface area contributed by atoms with Crippen LogP contribution in [0.5, 0.6) is 5.75 Å². The van der Waals surface area contributed by atoms with Crippen molar-refractivity contribution in [3.05, 3.63) is 27.7 Å². The lowest BCUT2D eigenvalue weighted by atomic mass is 9.85. The van der Waals surface area contributed by atoms with Gasteiger partial charge in [-0.15, -0.1) is 4.72 Å². The maximum absolute atomic E-state index is 13.0. The van der Waals surface area contributed by atoms with Gasteiger partial charge in [0.25, 0.3) is 0 Å². The molecule has 1 saturated heterocycles. The number of ether oxygens (including phenoxy) is 1. The highest BCUT2D eigenvalue weighted by Gasteiger charge is 2.38. The van der Waals surface area contributed by atoms with Gasteiger partial charge in [-0.25, -0.2) is 4.79 Å². The molecule has 2 rings (SSSR count). The minimum absolute atomic E-state index is 0.0254. The number of hydrogen-bond donors (Lipinski definition) is 3. The highest BCUT2D eigenvalue weighted by molar-refractivity contribution is 7.90. The van der Waals surface area contributed by atoms with Crippen LogP contribution in [0.4, 0.5) is 4.79 Å². The molecular weight excluding hydrogens is 513 g/mol. The zero-order valence-corrected chi connectivity index (χ0v) is 23.7. The fourth-order valence-corrected chi connectivity index (χ4v) is 5.01. The smallest absolute Gasteiger partial charge is 0.408 e. The topological polar surface area (TPSA) is 114 Å². The molecule has 0 aromatic heterocycles. The molecule has 11 heteroatoms. The number of nitrogens with zero attached hydrogens (tertiary/aromatic N) is 1. The van der Waals surface area contributed by atoms with Gasteiger partial charge in [0.05, 0.1) is 16.1 Å². The van der Waals surface area contributed by atoms with Crippen LogP contribution in [0.15, 0.2) is 12.1 Å². The third-order valence-corrected chi connectivity index (χ3v) is 7.92. The van der Waals surface area contributed by atoms with E-state index in [2.05, 4.69) is 10.0 Å². The van der Waals surface area contributed by atoms with Gasteiger partial charge in [0.15, 0.2) is 0 Å². The van der Waals surface area contributed by atoms with Crippen LogP contribution in [0.2, 0.25) is 10.0 Å². The van der Waals surface area contributed by atoms with Gasteiger partial charge < -0.3 is 24.6 Å². The van der Waals surface area contributed by atoms with Crippen LogP contribution in [0.25, 0.3) is 0 Å². The monoisotopic (exact) mass is 549 g/mol. The molecule has 3 N–H and O–H groups in total. The number of carbonyl (C=O) groups is 2. The van der Waals surface area contributed by atoms with Gasteiger partial charge in [0, 0.05) is 36.1 Å². The average Bonchev–Trinajstić information content (AvgIpc) is 2.72. The summed E-state index contributed by atoms with van der Waals surface area (Å²) in [6.45, 7) is 13.4. The van der Waals surface area contributed by atoms with E-state index in [-0.39, 0.29) is 22.6 Å². The van der Waals surface area contributed by atoms with Gasteiger partial charge in [0.2, 0.25) is 5.91 Å². The van der Waals surface area contributed by atoms with E-state index in [1.807, 2.05) is 20.8 Å². The fraction of sp³-hybridized carbons (Fsp3) is 0.667. The van der Waals surface area contributed by atoms with E-state index in [1.165, 1.54) is 6.07 Å². The summed E-state index contributed by atoms with van der Waals surface area (Å²) < 4.78 is 20.8. The van der Waals surface area contributed by atoms with Gasteiger partial charge in [-0.2, -0.15) is 0 Å². The van der Waals surface area contributed by atoms with Gasteiger partial charge in [-0.1, -0.05) is 23.2 Å². The van der Waals surface area contributed by atoms with Crippen molar-refractivity contribution >= 4 is 46.6 Å². The second kappa shape index (κ2) is 11.8. The van der Waals surface area contributed by atoms with E-state index in [4.69, 9.17) is 27.9 Å². The molecule has 1 aromatic rings. The lowest BCUT2D eigenvalue weighted by Gasteiger charge is -2.38. The van der Waals surface area contributed by atoms with Crippen molar-refractivity contribution in [2.75, 3.05) is 13.1 Å². The fourth-order valence-electron chi connectivity index (χ4n) is 3.78. The van der Waals surface area contributed by atoms with Gasteiger partial charge in [0.1, 0.15) is 22.1 Å². The first-order chi connectivity index (χ1) is 16.0. The zero-order chi connectivity index (χ0) is 26.7. The Morgan fingerprint density at radius 2 is 1.69 bits per heavy atom. The molecule has 198 valence electrons. The number of nitrogens with one attached hydrogen (secondary N) is 2. The Morgan fingerprint density at radius 1 is 1.14 bits per heavy atom. The van der Waals surface area contributed by atoms with Crippen molar-refractivity contribution in [3.63, 3.8) is 0 Å². The number of alkyl carbamates (subject to hydrolysis) is 1. The van der Waals surface area contributed by atoms with Crippen LogP contribution in [-0.4, -0.2) is 56.0 Å². The van der Waals surface area contributed by atoms with Crippen LogP contribution in [-0.2, 0) is 20.9 Å². The normalized spacial score (nSPS) is 18.1. The molecule has 1 fully saturated rings. The summed E-state index contributed by atoms with van der Waals surface area (Å²) in [5, 5.41) is 13.7. The van der Waals surface area contributed by atoms with E-state index in [9.17, 15) is 19.2 Å². The zero-order valence-electron chi connectivity index (χ0n) is 21.4. The Kier molecular flexibility index (Phi) is 10.0. The standard InChI is InChI=1S/C24H37Cl2N3O5S/c1-14(27-22(32)34-23(2,3)4)21(31)29-10-8-15(9-11-29)20(28-35(33)24(5,6)7)16-12-17(25)18(26)13-19(16)30/h12-15,20,28,30H,8-11H2,1-7H3,(H,27,32)/t14-,20?,35?/m0/s1. The third kappa shape index (κ3) is 8.60. The van der Waals surface area contributed by atoms with Crippen LogP contribution in [0, 0.1) is 5.92 Å². The van der Waals surface area contributed by atoms with E-state index < -0.39 is 39.9 Å². The van der Waals surface area contributed by atoms with Crippen molar-refractivity contribution in [1.29, 1.82) is 0 Å². The molecule has 2 unspecified atom stereocenters. The lowest BCUT2D eigenvalue weighted by Crippen LogP contribution is -2.51. The number of rotatable bonds is 6. The summed E-state index contributed by atoms with van der Waals surface area (Å²) >= 11 is 10.9. The number of benzene rings is 1. The number of aromatic hydroxyl groups is 1. The summed E-state index contributed by atoms with van der Waals surface area (Å²) in [5.41, 5.74) is -0.141. The van der Waals surface area contributed by atoms with Gasteiger partial charge in [-0.05, 0) is 73.3 Å². The summed E-state index contributed by atoms with van der Waals surface area (Å²) in [5.74, 6) is -0.256. The molecule has 2 amide bonds. The maximum atomic E-state index is 13.0. The van der Waals surface area contributed by atoms with E-state index in [1.54, 1.807) is 38.7 Å². The Hall–Kier alpha value is -1.39. The number of likely N-dealkylation sites (tertiary alicyclic amines) is 1. The first-order valence-electron chi connectivity index (χ1n) is 11.6. The summed E-state index contributed by atoms with van der Waals surface area (Å²) in [7, 11) is 0. The number of piperidine rings is 1. The summed E-state index contributed by atoms with van der Waals surface area (Å²) in [6, 6.07) is 1.79. The number of phenols is 1. The molecule has 1 aliphatic rings. The highest BCUT2D eigenvalue weighted by atomic mass is 35.5. The molecule has 1 aliphatic heterocycles. The molecule has 0 aliphatic carbocycles. The number of phenolic OH excluding ortho intramolecular Hbond substituents is 1. The van der Waals surface area contributed by atoms with E-state index in [0.717, 1.165) is 0 Å². The number of hydrogen-bond acceptors (Lipinski definition) is 6.